The van der Waals surface area contributed by atoms with Crippen LogP contribution in [0, 0.1) is 5.41 Å². The maximum Gasteiger partial charge on any atom is 0.124 e. The van der Waals surface area contributed by atoms with Crippen LogP contribution in [0.4, 0.5) is 5.69 Å². The lowest BCUT2D eigenvalue weighted by Crippen LogP contribution is -2.35. The van der Waals surface area contributed by atoms with Gasteiger partial charge in [-0.05, 0) is 55.2 Å². The van der Waals surface area contributed by atoms with Gasteiger partial charge in [-0.2, -0.15) is 0 Å². The third kappa shape index (κ3) is 6.65. The molecular weight excluding hydrogens is 495 g/mol. The highest BCUT2D eigenvalue weighted by Gasteiger charge is 2.18. The molecule has 0 bridgehead atoms. The molecule has 0 spiro atoms. The number of halogens is 2. The van der Waals surface area contributed by atoms with Gasteiger partial charge >= 0.3 is 0 Å². The van der Waals surface area contributed by atoms with Crippen LogP contribution in [0.5, 0.6) is 5.75 Å². The van der Waals surface area contributed by atoms with Crippen LogP contribution in [-0.4, -0.2) is 39.9 Å². The summed E-state index contributed by atoms with van der Waals surface area (Å²) < 4.78 is 6.06. The number of rotatable bonds is 8. The number of likely N-dealkylation sites (tertiary alicyclic amines) is 1. The SMILES string of the molecule is CC(Oc1ccc(N)c(C(=N)/C=C/c2ccc(CN3CCC(O)CC3)cc2)c1)c1c(Cl)cncc1Cl. The fraction of sp³-hybridized carbons (Fsp3) is 0.286. The van der Waals surface area contributed by atoms with E-state index in [0.717, 1.165) is 38.0 Å². The number of nitrogens with one attached hydrogen (secondary N) is 1. The molecule has 188 valence electrons. The number of pyridine rings is 1. The normalized spacial score (nSPS) is 15.8. The van der Waals surface area contributed by atoms with Crippen molar-refractivity contribution in [3.8, 4) is 5.75 Å². The van der Waals surface area contributed by atoms with E-state index in [9.17, 15) is 5.11 Å². The third-order valence-corrected chi connectivity index (χ3v) is 6.91. The number of piperidine rings is 1. The van der Waals surface area contributed by atoms with Crippen molar-refractivity contribution < 1.29 is 9.84 Å². The summed E-state index contributed by atoms with van der Waals surface area (Å²) in [6.45, 7) is 4.58. The van der Waals surface area contributed by atoms with Gasteiger partial charge in [0.25, 0.3) is 0 Å². The Hall–Kier alpha value is -2.90. The van der Waals surface area contributed by atoms with E-state index in [2.05, 4.69) is 22.0 Å². The molecule has 0 aliphatic carbocycles. The Bertz CT molecular complexity index is 1220. The minimum atomic E-state index is -0.414. The summed E-state index contributed by atoms with van der Waals surface area (Å²) in [6.07, 6.45) is 7.79. The van der Waals surface area contributed by atoms with E-state index in [0.29, 0.717) is 32.6 Å². The molecule has 1 fully saturated rings. The molecule has 6 nitrogen and oxygen atoms in total. The lowest BCUT2D eigenvalue weighted by molar-refractivity contribution is 0.0792. The first-order chi connectivity index (χ1) is 17.3. The number of hydrogen-bond acceptors (Lipinski definition) is 6. The molecule has 1 aliphatic heterocycles. The van der Waals surface area contributed by atoms with Crippen LogP contribution >= 0.6 is 23.2 Å². The molecule has 4 rings (SSSR count). The van der Waals surface area contributed by atoms with Crippen LogP contribution in [0.15, 0.2) is 60.9 Å². The summed E-state index contributed by atoms with van der Waals surface area (Å²) in [5.74, 6) is 0.559. The highest BCUT2D eigenvalue weighted by atomic mass is 35.5. The van der Waals surface area contributed by atoms with Crippen molar-refractivity contribution in [1.29, 1.82) is 5.41 Å². The van der Waals surface area contributed by atoms with Gasteiger partial charge in [0.15, 0.2) is 0 Å². The van der Waals surface area contributed by atoms with Gasteiger partial charge in [-0.25, -0.2) is 0 Å². The van der Waals surface area contributed by atoms with Crippen molar-refractivity contribution in [2.45, 2.75) is 38.5 Å². The Balaban J connectivity index is 1.40. The molecule has 1 aromatic heterocycles. The van der Waals surface area contributed by atoms with Crippen LogP contribution in [0.2, 0.25) is 10.0 Å². The number of nitrogen functional groups attached to an aromatic ring is 1. The molecule has 0 radical (unpaired) electrons. The van der Waals surface area contributed by atoms with Gasteiger partial charge in [0.2, 0.25) is 0 Å². The summed E-state index contributed by atoms with van der Waals surface area (Å²) in [7, 11) is 0. The number of aliphatic hydroxyl groups excluding tert-OH is 1. The van der Waals surface area contributed by atoms with E-state index in [1.807, 2.05) is 25.1 Å². The third-order valence-electron chi connectivity index (χ3n) is 6.31. The lowest BCUT2D eigenvalue weighted by atomic mass is 10.0. The van der Waals surface area contributed by atoms with Crippen LogP contribution in [-0.2, 0) is 6.54 Å². The van der Waals surface area contributed by atoms with Gasteiger partial charge < -0.3 is 21.0 Å². The van der Waals surface area contributed by atoms with Crippen molar-refractivity contribution in [2.75, 3.05) is 18.8 Å². The summed E-state index contributed by atoms with van der Waals surface area (Å²) >= 11 is 12.5. The summed E-state index contributed by atoms with van der Waals surface area (Å²) in [5, 5.41) is 19.1. The number of aromatic nitrogens is 1. The minimum absolute atomic E-state index is 0.160. The van der Waals surface area contributed by atoms with Gasteiger partial charge in [-0.3, -0.25) is 9.88 Å². The second-order valence-electron chi connectivity index (χ2n) is 9.02. The molecule has 0 saturated carbocycles. The van der Waals surface area contributed by atoms with Crippen LogP contribution in [0.1, 0.15) is 48.1 Å². The smallest absolute Gasteiger partial charge is 0.124 e. The number of ether oxygens (including phenoxy) is 1. The molecular formula is C28H30Cl2N4O2. The fourth-order valence-corrected chi connectivity index (χ4v) is 4.93. The lowest BCUT2D eigenvalue weighted by Gasteiger charge is -2.29. The van der Waals surface area contributed by atoms with Crippen molar-refractivity contribution >= 4 is 40.7 Å². The topological polar surface area (TPSA) is 95.5 Å². The van der Waals surface area contributed by atoms with Crippen molar-refractivity contribution in [3.05, 3.63) is 93.2 Å². The van der Waals surface area contributed by atoms with E-state index in [4.69, 9.17) is 39.1 Å². The highest BCUT2D eigenvalue weighted by Crippen LogP contribution is 2.33. The van der Waals surface area contributed by atoms with Gasteiger partial charge in [0.1, 0.15) is 11.9 Å². The van der Waals surface area contributed by atoms with Gasteiger partial charge in [-0.15, -0.1) is 0 Å². The number of aliphatic hydroxyl groups is 1. The number of anilines is 1. The Morgan fingerprint density at radius 3 is 2.50 bits per heavy atom. The van der Waals surface area contributed by atoms with Gasteiger partial charge in [0.05, 0.1) is 21.9 Å². The predicted octanol–water partition coefficient (Wildman–Crippen LogP) is 6.15. The van der Waals surface area contributed by atoms with Crippen molar-refractivity contribution in [2.24, 2.45) is 0 Å². The van der Waals surface area contributed by atoms with Crippen LogP contribution < -0.4 is 10.5 Å². The molecule has 8 heteroatoms. The van der Waals surface area contributed by atoms with Crippen molar-refractivity contribution in [3.63, 3.8) is 0 Å². The molecule has 1 saturated heterocycles. The average molecular weight is 525 g/mol. The highest BCUT2D eigenvalue weighted by molar-refractivity contribution is 6.35. The summed E-state index contributed by atoms with van der Waals surface area (Å²) in [4.78, 5) is 6.34. The number of nitrogens with two attached hydrogens (primary N) is 1. The van der Waals surface area contributed by atoms with Crippen molar-refractivity contribution in [1.82, 2.24) is 9.88 Å². The molecule has 2 heterocycles. The molecule has 2 aromatic carbocycles. The predicted molar refractivity (Wildman–Crippen MR) is 147 cm³/mol. The second kappa shape index (κ2) is 11.9. The zero-order chi connectivity index (χ0) is 25.7. The molecule has 36 heavy (non-hydrogen) atoms. The van der Waals surface area contributed by atoms with E-state index in [-0.39, 0.29) is 11.8 Å². The number of nitrogens with zero attached hydrogens (tertiary/aromatic N) is 2. The molecule has 4 N–H and O–H groups in total. The molecule has 1 aliphatic rings. The number of allylic oxidation sites excluding steroid dienone is 1. The van der Waals surface area contributed by atoms with Gasteiger partial charge in [-0.1, -0.05) is 53.5 Å². The maximum atomic E-state index is 9.68. The molecule has 1 unspecified atom stereocenters. The molecule has 3 aromatic rings. The first-order valence-corrected chi connectivity index (χ1v) is 12.7. The fourth-order valence-electron chi connectivity index (χ4n) is 4.25. The van der Waals surface area contributed by atoms with E-state index >= 15 is 0 Å². The molecule has 0 amide bonds. The first-order valence-electron chi connectivity index (χ1n) is 11.9. The molecule has 1 atom stereocenters. The van der Waals surface area contributed by atoms with Crippen LogP contribution in [0.3, 0.4) is 0 Å². The number of benzene rings is 2. The van der Waals surface area contributed by atoms with Gasteiger partial charge in [0, 0.05) is 48.8 Å². The summed E-state index contributed by atoms with van der Waals surface area (Å²) in [5.41, 5.74) is 10.4. The van der Waals surface area contributed by atoms with Crippen LogP contribution in [0.25, 0.3) is 6.08 Å². The second-order valence-corrected chi connectivity index (χ2v) is 9.84. The monoisotopic (exact) mass is 524 g/mol. The maximum absolute atomic E-state index is 9.68. The Kier molecular flexibility index (Phi) is 8.64. The quantitative estimate of drug-likeness (QED) is 0.242. The zero-order valence-corrected chi connectivity index (χ0v) is 21.6. The first kappa shape index (κ1) is 26.2. The van der Waals surface area contributed by atoms with E-state index in [1.54, 1.807) is 24.3 Å². The van der Waals surface area contributed by atoms with E-state index in [1.165, 1.54) is 18.0 Å². The Morgan fingerprint density at radius 1 is 1.17 bits per heavy atom. The largest absolute Gasteiger partial charge is 0.486 e. The summed E-state index contributed by atoms with van der Waals surface area (Å²) in [6, 6.07) is 13.5. The van der Waals surface area contributed by atoms with E-state index < -0.39 is 6.10 Å². The zero-order valence-electron chi connectivity index (χ0n) is 20.1. The number of hydrogen-bond donors (Lipinski definition) is 3. The minimum Gasteiger partial charge on any atom is -0.486 e. The Labute approximate surface area is 221 Å². The average Bonchev–Trinajstić information content (AvgIpc) is 2.86. The Morgan fingerprint density at radius 2 is 1.83 bits per heavy atom. The standard InChI is InChI=1S/C28H30Cl2N4O2/c1-18(28-24(29)15-33-16-25(28)30)36-22-7-9-27(32)23(14-22)26(31)8-6-19-2-4-20(5-3-19)17-34-12-10-21(35)11-13-34/h2-9,14-16,18,21,31,35H,10-13,17,32H2,1H3/b8-6+,31-26?.